The van der Waals surface area contributed by atoms with Gasteiger partial charge in [0.2, 0.25) is 15.9 Å². The van der Waals surface area contributed by atoms with E-state index >= 15 is 0 Å². The van der Waals surface area contributed by atoms with Crippen LogP contribution in [0.1, 0.15) is 19.4 Å². The van der Waals surface area contributed by atoms with Crippen LogP contribution in [0.2, 0.25) is 0 Å². The molecule has 0 amide bonds. The average molecular weight is 510 g/mol. The Labute approximate surface area is 210 Å². The van der Waals surface area contributed by atoms with Crippen molar-refractivity contribution in [2.24, 2.45) is 7.05 Å². The van der Waals surface area contributed by atoms with Crippen LogP contribution in [0, 0.1) is 5.82 Å². The van der Waals surface area contributed by atoms with Crippen LogP contribution in [0.3, 0.4) is 0 Å². The number of hydrogen-bond donors (Lipinski definition) is 0. The van der Waals surface area contributed by atoms with Gasteiger partial charge in [-0.3, -0.25) is 0 Å². The molecule has 0 saturated heterocycles. The Hall–Kier alpha value is -3.69. The van der Waals surface area contributed by atoms with Gasteiger partial charge in [-0.05, 0) is 50.2 Å². The third kappa shape index (κ3) is 5.12. The lowest BCUT2D eigenvalue weighted by atomic mass is 10.1. The zero-order valence-electron chi connectivity index (χ0n) is 20.6. The van der Waals surface area contributed by atoms with E-state index < -0.39 is 15.8 Å². The Morgan fingerprint density at radius 1 is 0.972 bits per heavy atom. The smallest absolute Gasteiger partial charge is 0.243 e. The van der Waals surface area contributed by atoms with E-state index in [1.165, 1.54) is 40.4 Å². The number of halogens is 1. The van der Waals surface area contributed by atoms with E-state index in [0.29, 0.717) is 17.0 Å². The SMILES string of the molecule is COc1ccc(S(=O)(=O)N(Cc2c(-c3ccccc3)nn(C)c2Oc2ccccc2F)C(C)C)cc1. The molecule has 0 aliphatic carbocycles. The number of rotatable bonds is 9. The van der Waals surface area contributed by atoms with E-state index in [1.54, 1.807) is 45.2 Å². The number of para-hydroxylation sites is 1. The van der Waals surface area contributed by atoms with Gasteiger partial charge in [-0.2, -0.15) is 9.40 Å². The van der Waals surface area contributed by atoms with Gasteiger partial charge in [0, 0.05) is 25.2 Å². The quantitative estimate of drug-likeness (QED) is 0.293. The number of methoxy groups -OCH3 is 1. The lowest BCUT2D eigenvalue weighted by molar-refractivity contribution is 0.338. The number of aryl methyl sites for hydroxylation is 1. The summed E-state index contributed by atoms with van der Waals surface area (Å²) in [6.07, 6.45) is 0. The van der Waals surface area contributed by atoms with Crippen molar-refractivity contribution in [3.8, 4) is 28.6 Å². The topological polar surface area (TPSA) is 73.7 Å². The van der Waals surface area contributed by atoms with Crippen molar-refractivity contribution >= 4 is 10.0 Å². The largest absolute Gasteiger partial charge is 0.497 e. The molecule has 0 aliphatic heterocycles. The van der Waals surface area contributed by atoms with Crippen molar-refractivity contribution in [1.82, 2.24) is 14.1 Å². The maximum atomic E-state index is 14.5. The highest BCUT2D eigenvalue weighted by atomic mass is 32.2. The third-order valence-electron chi connectivity index (χ3n) is 5.73. The molecular weight excluding hydrogens is 481 g/mol. The summed E-state index contributed by atoms with van der Waals surface area (Å²) in [6, 6.07) is 21.3. The minimum Gasteiger partial charge on any atom is -0.497 e. The van der Waals surface area contributed by atoms with Gasteiger partial charge in [0.25, 0.3) is 0 Å². The first-order chi connectivity index (χ1) is 17.2. The Balaban J connectivity index is 1.83. The zero-order chi connectivity index (χ0) is 25.9. The summed E-state index contributed by atoms with van der Waals surface area (Å²) in [7, 11) is -0.693. The summed E-state index contributed by atoms with van der Waals surface area (Å²) in [5.41, 5.74) is 1.87. The van der Waals surface area contributed by atoms with E-state index in [4.69, 9.17) is 9.47 Å². The van der Waals surface area contributed by atoms with Gasteiger partial charge in [0.1, 0.15) is 11.4 Å². The predicted octanol–water partition coefficient (Wildman–Crippen LogP) is 5.63. The van der Waals surface area contributed by atoms with Crippen LogP contribution in [-0.2, 0) is 23.6 Å². The standard InChI is InChI=1S/C27H28FN3O4S/c1-19(2)31(36(32,33)22-16-14-21(34-4)15-17-22)18-23-26(20-10-6-5-7-11-20)29-30(3)27(23)35-25-13-9-8-12-24(25)28/h5-17,19H,18H2,1-4H3. The van der Waals surface area contributed by atoms with Crippen LogP contribution in [0.15, 0.2) is 83.8 Å². The van der Waals surface area contributed by atoms with Crippen molar-refractivity contribution in [1.29, 1.82) is 0 Å². The molecule has 9 heteroatoms. The fourth-order valence-electron chi connectivity index (χ4n) is 3.87. The lowest BCUT2D eigenvalue weighted by Crippen LogP contribution is -2.36. The molecule has 0 N–H and O–H groups in total. The fraction of sp³-hybridized carbons (Fsp3) is 0.222. The first-order valence-electron chi connectivity index (χ1n) is 11.4. The molecule has 0 fully saturated rings. The fourth-order valence-corrected chi connectivity index (χ4v) is 5.47. The second kappa shape index (κ2) is 10.5. The van der Waals surface area contributed by atoms with Gasteiger partial charge in [0.15, 0.2) is 11.6 Å². The van der Waals surface area contributed by atoms with Crippen LogP contribution in [0.4, 0.5) is 4.39 Å². The molecule has 188 valence electrons. The van der Waals surface area contributed by atoms with E-state index in [1.807, 2.05) is 30.3 Å². The van der Waals surface area contributed by atoms with E-state index in [0.717, 1.165) is 5.56 Å². The van der Waals surface area contributed by atoms with Crippen LogP contribution in [-0.4, -0.2) is 35.7 Å². The van der Waals surface area contributed by atoms with Crippen LogP contribution in [0.5, 0.6) is 17.4 Å². The van der Waals surface area contributed by atoms with Gasteiger partial charge in [0.05, 0.1) is 17.6 Å². The highest BCUT2D eigenvalue weighted by Crippen LogP contribution is 2.36. The lowest BCUT2D eigenvalue weighted by Gasteiger charge is -2.26. The number of benzene rings is 3. The number of aromatic nitrogens is 2. The van der Waals surface area contributed by atoms with Crippen LogP contribution >= 0.6 is 0 Å². The second-order valence-corrected chi connectivity index (χ2v) is 10.4. The Kier molecular flexibility index (Phi) is 7.42. The second-order valence-electron chi connectivity index (χ2n) is 8.47. The molecule has 0 aliphatic rings. The molecular formula is C27H28FN3O4S. The van der Waals surface area contributed by atoms with Crippen molar-refractivity contribution in [2.45, 2.75) is 31.3 Å². The highest BCUT2D eigenvalue weighted by Gasteiger charge is 2.31. The molecule has 4 rings (SSSR count). The van der Waals surface area contributed by atoms with Gasteiger partial charge in [-0.25, -0.2) is 17.5 Å². The van der Waals surface area contributed by atoms with Crippen LogP contribution < -0.4 is 9.47 Å². The molecule has 36 heavy (non-hydrogen) atoms. The van der Waals surface area contributed by atoms with Crippen LogP contribution in [0.25, 0.3) is 11.3 Å². The molecule has 1 heterocycles. The summed E-state index contributed by atoms with van der Waals surface area (Å²) >= 11 is 0. The summed E-state index contributed by atoms with van der Waals surface area (Å²) in [5.74, 6) is 0.312. The monoisotopic (exact) mass is 509 g/mol. The zero-order valence-corrected chi connectivity index (χ0v) is 21.4. The van der Waals surface area contributed by atoms with Gasteiger partial charge in [-0.15, -0.1) is 0 Å². The normalized spacial score (nSPS) is 11.8. The molecule has 0 atom stereocenters. The van der Waals surface area contributed by atoms with Crippen molar-refractivity contribution in [3.63, 3.8) is 0 Å². The van der Waals surface area contributed by atoms with E-state index in [9.17, 15) is 12.8 Å². The number of sulfonamides is 1. The van der Waals surface area contributed by atoms with Gasteiger partial charge in [-0.1, -0.05) is 42.5 Å². The molecule has 3 aromatic carbocycles. The predicted molar refractivity (Wildman–Crippen MR) is 136 cm³/mol. The van der Waals surface area contributed by atoms with E-state index in [-0.39, 0.29) is 29.1 Å². The molecule has 4 aromatic rings. The Morgan fingerprint density at radius 2 is 1.61 bits per heavy atom. The van der Waals surface area contributed by atoms with Crippen molar-refractivity contribution in [2.75, 3.05) is 7.11 Å². The number of hydrogen-bond acceptors (Lipinski definition) is 5. The molecule has 0 unspecified atom stereocenters. The molecule has 0 bridgehead atoms. The maximum absolute atomic E-state index is 14.5. The van der Waals surface area contributed by atoms with Crippen molar-refractivity contribution in [3.05, 3.63) is 90.2 Å². The minimum absolute atomic E-state index is 0.0236. The summed E-state index contributed by atoms with van der Waals surface area (Å²) in [5, 5.41) is 4.63. The summed E-state index contributed by atoms with van der Waals surface area (Å²) < 4.78 is 55.9. The Bertz CT molecular complexity index is 1440. The summed E-state index contributed by atoms with van der Waals surface area (Å²) in [6.45, 7) is 3.57. The third-order valence-corrected chi connectivity index (χ3v) is 7.77. The molecule has 0 spiro atoms. The molecule has 7 nitrogen and oxygen atoms in total. The molecule has 1 aromatic heterocycles. The number of nitrogens with zero attached hydrogens (tertiary/aromatic N) is 3. The first kappa shape index (κ1) is 25.4. The minimum atomic E-state index is -3.90. The highest BCUT2D eigenvalue weighted by molar-refractivity contribution is 7.89. The Morgan fingerprint density at radius 3 is 2.22 bits per heavy atom. The summed E-state index contributed by atoms with van der Waals surface area (Å²) in [4.78, 5) is 0.138. The molecule has 0 saturated carbocycles. The number of ether oxygens (including phenoxy) is 2. The van der Waals surface area contributed by atoms with E-state index in [2.05, 4.69) is 5.10 Å². The maximum Gasteiger partial charge on any atom is 0.243 e. The average Bonchev–Trinajstić information content (AvgIpc) is 3.18. The van der Waals surface area contributed by atoms with Crippen molar-refractivity contribution < 1.29 is 22.3 Å². The van der Waals surface area contributed by atoms with Gasteiger partial charge >= 0.3 is 0 Å². The van der Waals surface area contributed by atoms with Gasteiger partial charge < -0.3 is 9.47 Å². The molecule has 0 radical (unpaired) electrons. The first-order valence-corrected chi connectivity index (χ1v) is 12.9.